The summed E-state index contributed by atoms with van der Waals surface area (Å²) < 4.78 is 1.66. The SMILES string of the molecule is CCn1nccc1C(=O)Nc1nc(-c2cc(C)ccc2C)cs1. The normalized spacial score (nSPS) is 10.7. The molecule has 0 aliphatic rings. The van der Waals surface area contributed by atoms with Crippen LogP contribution in [0.1, 0.15) is 28.5 Å². The van der Waals surface area contributed by atoms with Gasteiger partial charge in [0.05, 0.1) is 5.69 Å². The number of anilines is 1. The molecule has 1 N–H and O–H groups in total. The van der Waals surface area contributed by atoms with Crippen LogP contribution >= 0.6 is 11.3 Å². The average Bonchev–Trinajstić information content (AvgIpc) is 3.18. The van der Waals surface area contributed by atoms with Crippen molar-refractivity contribution in [1.29, 1.82) is 0 Å². The van der Waals surface area contributed by atoms with Crippen LogP contribution in [0.3, 0.4) is 0 Å². The second-order valence-corrected chi connectivity index (χ2v) is 6.20. The first-order valence-corrected chi connectivity index (χ1v) is 8.32. The third-order valence-electron chi connectivity index (χ3n) is 3.64. The molecule has 5 nitrogen and oxygen atoms in total. The van der Waals surface area contributed by atoms with Gasteiger partial charge in [-0.2, -0.15) is 5.10 Å². The highest BCUT2D eigenvalue weighted by atomic mass is 32.1. The molecule has 0 radical (unpaired) electrons. The van der Waals surface area contributed by atoms with Gasteiger partial charge in [-0.3, -0.25) is 14.8 Å². The highest BCUT2D eigenvalue weighted by Gasteiger charge is 2.14. The Morgan fingerprint density at radius 2 is 2.13 bits per heavy atom. The monoisotopic (exact) mass is 326 g/mol. The Labute approximate surface area is 139 Å². The largest absolute Gasteiger partial charge is 0.296 e. The van der Waals surface area contributed by atoms with Gasteiger partial charge in [-0.25, -0.2) is 4.98 Å². The lowest BCUT2D eigenvalue weighted by molar-refractivity contribution is 0.101. The Kier molecular flexibility index (Phi) is 4.25. The van der Waals surface area contributed by atoms with E-state index >= 15 is 0 Å². The third-order valence-corrected chi connectivity index (χ3v) is 4.40. The fourth-order valence-corrected chi connectivity index (χ4v) is 3.11. The number of carbonyl (C=O) groups is 1. The molecule has 0 atom stereocenters. The van der Waals surface area contributed by atoms with E-state index in [2.05, 4.69) is 47.4 Å². The van der Waals surface area contributed by atoms with Crippen molar-refractivity contribution in [3.8, 4) is 11.3 Å². The molecule has 6 heteroatoms. The van der Waals surface area contributed by atoms with Gasteiger partial charge in [0.2, 0.25) is 0 Å². The molecule has 3 rings (SSSR count). The van der Waals surface area contributed by atoms with Crippen LogP contribution < -0.4 is 5.32 Å². The second-order valence-electron chi connectivity index (χ2n) is 5.34. The van der Waals surface area contributed by atoms with Gasteiger partial charge in [-0.1, -0.05) is 17.7 Å². The maximum Gasteiger partial charge on any atom is 0.275 e. The molecule has 1 aromatic carbocycles. The minimum atomic E-state index is -0.189. The lowest BCUT2D eigenvalue weighted by Gasteiger charge is -2.05. The van der Waals surface area contributed by atoms with Crippen molar-refractivity contribution >= 4 is 22.4 Å². The number of benzene rings is 1. The number of thiazole rings is 1. The highest BCUT2D eigenvalue weighted by molar-refractivity contribution is 7.14. The van der Waals surface area contributed by atoms with Crippen LogP contribution in [-0.4, -0.2) is 20.7 Å². The van der Waals surface area contributed by atoms with Crippen molar-refractivity contribution in [3.05, 3.63) is 52.7 Å². The molecule has 0 bridgehead atoms. The number of hydrogen-bond acceptors (Lipinski definition) is 4. The number of rotatable bonds is 4. The maximum atomic E-state index is 12.3. The molecule has 0 aliphatic carbocycles. The smallest absolute Gasteiger partial charge is 0.275 e. The summed E-state index contributed by atoms with van der Waals surface area (Å²) >= 11 is 1.43. The predicted octanol–water partition coefficient (Wildman–Crippen LogP) is 3.90. The minimum Gasteiger partial charge on any atom is -0.296 e. The zero-order chi connectivity index (χ0) is 16.4. The van der Waals surface area contributed by atoms with E-state index in [1.165, 1.54) is 22.5 Å². The summed E-state index contributed by atoms with van der Waals surface area (Å²) in [4.78, 5) is 16.9. The van der Waals surface area contributed by atoms with E-state index in [9.17, 15) is 4.79 Å². The molecular formula is C17H18N4OS. The first kappa shape index (κ1) is 15.4. The topological polar surface area (TPSA) is 59.8 Å². The Morgan fingerprint density at radius 3 is 2.91 bits per heavy atom. The predicted molar refractivity (Wildman–Crippen MR) is 92.9 cm³/mol. The molecule has 0 fully saturated rings. The van der Waals surface area contributed by atoms with Crippen LogP contribution in [0.2, 0.25) is 0 Å². The molecule has 1 amide bonds. The molecule has 23 heavy (non-hydrogen) atoms. The van der Waals surface area contributed by atoms with Crippen molar-refractivity contribution in [2.24, 2.45) is 0 Å². The number of aromatic nitrogens is 3. The summed E-state index contributed by atoms with van der Waals surface area (Å²) in [5.74, 6) is -0.189. The summed E-state index contributed by atoms with van der Waals surface area (Å²) in [7, 11) is 0. The van der Waals surface area contributed by atoms with Gasteiger partial charge in [0.1, 0.15) is 5.69 Å². The fraction of sp³-hybridized carbons (Fsp3) is 0.235. The summed E-state index contributed by atoms with van der Waals surface area (Å²) in [5, 5.41) is 9.52. The van der Waals surface area contributed by atoms with Crippen LogP contribution in [0.4, 0.5) is 5.13 Å². The molecule has 0 spiro atoms. The van der Waals surface area contributed by atoms with Crippen molar-refractivity contribution in [2.75, 3.05) is 5.32 Å². The zero-order valence-electron chi connectivity index (χ0n) is 13.3. The average molecular weight is 326 g/mol. The van der Waals surface area contributed by atoms with Gasteiger partial charge in [0, 0.05) is 23.7 Å². The molecular weight excluding hydrogens is 308 g/mol. The van der Waals surface area contributed by atoms with Gasteiger partial charge in [0.15, 0.2) is 5.13 Å². The molecule has 0 aliphatic heterocycles. The van der Waals surface area contributed by atoms with E-state index in [0.717, 1.165) is 11.3 Å². The molecule has 0 saturated carbocycles. The van der Waals surface area contributed by atoms with Gasteiger partial charge < -0.3 is 0 Å². The fourth-order valence-electron chi connectivity index (χ4n) is 2.41. The molecule has 3 aromatic rings. The van der Waals surface area contributed by atoms with Crippen LogP contribution in [0.15, 0.2) is 35.8 Å². The van der Waals surface area contributed by atoms with E-state index in [1.807, 2.05) is 12.3 Å². The summed E-state index contributed by atoms with van der Waals surface area (Å²) in [6, 6.07) is 7.99. The van der Waals surface area contributed by atoms with E-state index in [1.54, 1.807) is 16.9 Å². The second kappa shape index (κ2) is 6.34. The van der Waals surface area contributed by atoms with Crippen LogP contribution in [-0.2, 0) is 6.54 Å². The minimum absolute atomic E-state index is 0.189. The highest BCUT2D eigenvalue weighted by Crippen LogP contribution is 2.28. The van der Waals surface area contributed by atoms with Gasteiger partial charge in [-0.05, 0) is 38.5 Å². The Morgan fingerprint density at radius 1 is 1.30 bits per heavy atom. The van der Waals surface area contributed by atoms with Crippen LogP contribution in [0.5, 0.6) is 0 Å². The van der Waals surface area contributed by atoms with Gasteiger partial charge >= 0.3 is 0 Å². The van der Waals surface area contributed by atoms with E-state index in [0.29, 0.717) is 17.4 Å². The van der Waals surface area contributed by atoms with Crippen molar-refractivity contribution in [1.82, 2.24) is 14.8 Å². The molecule has 2 heterocycles. The first-order chi connectivity index (χ1) is 11.1. The lowest BCUT2D eigenvalue weighted by atomic mass is 10.0. The third kappa shape index (κ3) is 3.17. The Bertz CT molecular complexity index is 850. The van der Waals surface area contributed by atoms with Crippen molar-refractivity contribution in [2.45, 2.75) is 27.3 Å². The Balaban J connectivity index is 1.82. The zero-order valence-corrected chi connectivity index (χ0v) is 14.1. The van der Waals surface area contributed by atoms with E-state index < -0.39 is 0 Å². The number of aryl methyl sites for hydroxylation is 3. The lowest BCUT2D eigenvalue weighted by Crippen LogP contribution is -2.17. The number of nitrogens with one attached hydrogen (secondary N) is 1. The number of amides is 1. The number of carbonyl (C=O) groups excluding carboxylic acids is 1. The molecule has 2 aromatic heterocycles. The standard InChI is InChI=1S/C17H18N4OS/c1-4-21-15(7-8-18-21)16(22)20-17-19-14(10-23-17)13-9-11(2)5-6-12(13)3/h5-10H,4H2,1-3H3,(H,19,20,22). The van der Waals surface area contributed by atoms with Crippen LogP contribution in [0.25, 0.3) is 11.3 Å². The number of nitrogens with zero attached hydrogens (tertiary/aromatic N) is 3. The molecule has 0 unspecified atom stereocenters. The van der Waals surface area contributed by atoms with Crippen molar-refractivity contribution < 1.29 is 4.79 Å². The van der Waals surface area contributed by atoms with Gasteiger partial charge in [-0.15, -0.1) is 11.3 Å². The van der Waals surface area contributed by atoms with Crippen molar-refractivity contribution in [3.63, 3.8) is 0 Å². The summed E-state index contributed by atoms with van der Waals surface area (Å²) in [6.45, 7) is 6.73. The van der Waals surface area contributed by atoms with E-state index in [4.69, 9.17) is 0 Å². The first-order valence-electron chi connectivity index (χ1n) is 7.45. The Hall–Kier alpha value is -2.47. The molecule has 0 saturated heterocycles. The number of hydrogen-bond donors (Lipinski definition) is 1. The maximum absolute atomic E-state index is 12.3. The summed E-state index contributed by atoms with van der Waals surface area (Å²) in [5.41, 5.74) is 4.88. The van der Waals surface area contributed by atoms with E-state index in [-0.39, 0.29) is 5.91 Å². The van der Waals surface area contributed by atoms with Gasteiger partial charge in [0.25, 0.3) is 5.91 Å². The summed E-state index contributed by atoms with van der Waals surface area (Å²) in [6.07, 6.45) is 1.63. The van der Waals surface area contributed by atoms with Crippen LogP contribution in [0, 0.1) is 13.8 Å². The molecule has 118 valence electrons. The quantitative estimate of drug-likeness (QED) is 0.791.